The van der Waals surface area contributed by atoms with Gasteiger partial charge in [0.05, 0.1) is 11.3 Å². The third-order valence-corrected chi connectivity index (χ3v) is 3.56. The van der Waals surface area contributed by atoms with Crippen molar-refractivity contribution in [2.75, 3.05) is 6.54 Å². The first kappa shape index (κ1) is 12.6. The van der Waals surface area contributed by atoms with Crippen LogP contribution in [0.15, 0.2) is 12.3 Å². The number of rotatable bonds is 4. The molecule has 1 fully saturated rings. The number of aliphatic hydroxyl groups is 1. The quantitative estimate of drug-likeness (QED) is 0.782. The molecule has 1 aromatic heterocycles. The van der Waals surface area contributed by atoms with Crippen molar-refractivity contribution in [3.05, 3.63) is 18.0 Å². The van der Waals surface area contributed by atoms with Crippen LogP contribution in [0.1, 0.15) is 44.2 Å². The molecule has 1 heterocycles. The minimum Gasteiger partial charge on any atom is -0.389 e. The fraction of sp³-hybridized carbons (Fsp3) is 0.769. The van der Waals surface area contributed by atoms with E-state index in [-0.39, 0.29) is 0 Å². The number of nitrogens with zero attached hydrogens (tertiary/aromatic N) is 2. The van der Waals surface area contributed by atoms with Gasteiger partial charge in [0, 0.05) is 26.3 Å². The Balaban J connectivity index is 1.76. The monoisotopic (exact) mass is 237 g/mol. The average molecular weight is 237 g/mol. The summed E-state index contributed by atoms with van der Waals surface area (Å²) < 4.78 is 1.80. The largest absolute Gasteiger partial charge is 0.389 e. The van der Waals surface area contributed by atoms with Crippen molar-refractivity contribution < 1.29 is 5.11 Å². The van der Waals surface area contributed by atoms with E-state index in [1.54, 1.807) is 4.68 Å². The maximum Gasteiger partial charge on any atom is 0.0771 e. The van der Waals surface area contributed by atoms with Crippen molar-refractivity contribution in [3.8, 4) is 0 Å². The summed E-state index contributed by atoms with van der Waals surface area (Å²) in [7, 11) is 1.92. The van der Waals surface area contributed by atoms with E-state index in [1.165, 1.54) is 12.8 Å². The molecule has 2 rings (SSSR count). The zero-order valence-electron chi connectivity index (χ0n) is 10.7. The van der Waals surface area contributed by atoms with Crippen molar-refractivity contribution in [3.63, 3.8) is 0 Å². The molecule has 96 valence electrons. The van der Waals surface area contributed by atoms with Gasteiger partial charge in [0.15, 0.2) is 0 Å². The fourth-order valence-electron chi connectivity index (χ4n) is 2.54. The minimum atomic E-state index is -0.495. The summed E-state index contributed by atoms with van der Waals surface area (Å²) in [4.78, 5) is 0. The molecule has 0 aliphatic heterocycles. The first-order valence-corrected chi connectivity index (χ1v) is 6.60. The van der Waals surface area contributed by atoms with Crippen LogP contribution in [0, 0.1) is 0 Å². The average Bonchev–Trinajstić information content (AvgIpc) is 2.58. The molecule has 1 aliphatic rings. The molecule has 0 amide bonds. The molecule has 0 saturated heterocycles. The van der Waals surface area contributed by atoms with Crippen LogP contribution in [0.3, 0.4) is 0 Å². The Kier molecular flexibility index (Phi) is 4.18. The van der Waals surface area contributed by atoms with E-state index in [4.69, 9.17) is 0 Å². The summed E-state index contributed by atoms with van der Waals surface area (Å²) in [5, 5.41) is 18.1. The first-order valence-electron chi connectivity index (χ1n) is 6.60. The third kappa shape index (κ3) is 3.82. The van der Waals surface area contributed by atoms with Crippen LogP contribution in [0.4, 0.5) is 0 Å². The molecule has 1 aromatic rings. The number of hydrogen-bond acceptors (Lipinski definition) is 3. The molecule has 0 bridgehead atoms. The Morgan fingerprint density at radius 3 is 2.65 bits per heavy atom. The number of aryl methyl sites for hydroxylation is 1. The minimum absolute atomic E-state index is 0.495. The molecule has 0 radical (unpaired) electrons. The summed E-state index contributed by atoms with van der Waals surface area (Å²) in [6.45, 7) is 1.42. The van der Waals surface area contributed by atoms with Crippen molar-refractivity contribution in [1.29, 1.82) is 0 Å². The van der Waals surface area contributed by atoms with Crippen LogP contribution in [-0.2, 0) is 13.6 Å². The zero-order chi connectivity index (χ0) is 12.1. The van der Waals surface area contributed by atoms with Gasteiger partial charge >= 0.3 is 0 Å². The lowest BCUT2D eigenvalue weighted by atomic mass is 9.94. The SMILES string of the molecule is Cn1ccc(CNCC2(O)CCCCCC2)n1. The van der Waals surface area contributed by atoms with E-state index < -0.39 is 5.60 Å². The van der Waals surface area contributed by atoms with Gasteiger partial charge in [-0.1, -0.05) is 25.7 Å². The molecule has 0 aromatic carbocycles. The normalized spacial score (nSPS) is 20.1. The van der Waals surface area contributed by atoms with Gasteiger partial charge in [-0.3, -0.25) is 4.68 Å². The Bertz CT molecular complexity index is 340. The van der Waals surface area contributed by atoms with Crippen molar-refractivity contribution in [2.24, 2.45) is 7.05 Å². The van der Waals surface area contributed by atoms with Gasteiger partial charge in [-0.25, -0.2) is 0 Å². The summed E-state index contributed by atoms with van der Waals surface area (Å²) in [5.74, 6) is 0. The molecular weight excluding hydrogens is 214 g/mol. The lowest BCUT2D eigenvalue weighted by Crippen LogP contribution is -2.39. The van der Waals surface area contributed by atoms with E-state index in [0.29, 0.717) is 6.54 Å². The van der Waals surface area contributed by atoms with Crippen LogP contribution in [0.5, 0.6) is 0 Å². The number of aromatic nitrogens is 2. The number of nitrogens with one attached hydrogen (secondary N) is 1. The van der Waals surface area contributed by atoms with Crippen molar-refractivity contribution in [1.82, 2.24) is 15.1 Å². The van der Waals surface area contributed by atoms with Gasteiger partial charge in [0.2, 0.25) is 0 Å². The highest BCUT2D eigenvalue weighted by Gasteiger charge is 2.27. The molecule has 4 heteroatoms. The van der Waals surface area contributed by atoms with Gasteiger partial charge in [0.1, 0.15) is 0 Å². The highest BCUT2D eigenvalue weighted by Crippen LogP contribution is 2.26. The summed E-state index contributed by atoms with van der Waals surface area (Å²) >= 11 is 0. The molecule has 2 N–H and O–H groups in total. The Labute approximate surface area is 103 Å². The van der Waals surface area contributed by atoms with E-state index in [2.05, 4.69) is 10.4 Å². The fourth-order valence-corrected chi connectivity index (χ4v) is 2.54. The van der Waals surface area contributed by atoms with Gasteiger partial charge in [-0.05, 0) is 18.9 Å². The molecule has 0 spiro atoms. The van der Waals surface area contributed by atoms with Gasteiger partial charge in [-0.15, -0.1) is 0 Å². The maximum atomic E-state index is 10.4. The predicted octanol–water partition coefficient (Wildman–Crippen LogP) is 1.59. The van der Waals surface area contributed by atoms with E-state index in [1.807, 2.05) is 19.3 Å². The van der Waals surface area contributed by atoms with Gasteiger partial charge < -0.3 is 10.4 Å². The lowest BCUT2D eigenvalue weighted by Gasteiger charge is -2.26. The molecule has 0 atom stereocenters. The molecule has 17 heavy (non-hydrogen) atoms. The summed E-state index contributed by atoms with van der Waals surface area (Å²) in [6.07, 6.45) is 8.65. The second-order valence-corrected chi connectivity index (χ2v) is 5.22. The summed E-state index contributed by atoms with van der Waals surface area (Å²) in [5.41, 5.74) is 0.537. The second-order valence-electron chi connectivity index (χ2n) is 5.22. The molecule has 0 unspecified atom stereocenters. The molecule has 1 saturated carbocycles. The lowest BCUT2D eigenvalue weighted by molar-refractivity contribution is 0.0250. The van der Waals surface area contributed by atoms with Gasteiger partial charge in [-0.2, -0.15) is 5.10 Å². The zero-order valence-corrected chi connectivity index (χ0v) is 10.7. The van der Waals surface area contributed by atoms with Crippen LogP contribution in [0.25, 0.3) is 0 Å². The van der Waals surface area contributed by atoms with E-state index in [9.17, 15) is 5.11 Å². The van der Waals surface area contributed by atoms with Crippen LogP contribution in [-0.4, -0.2) is 27.0 Å². The Morgan fingerprint density at radius 1 is 1.35 bits per heavy atom. The third-order valence-electron chi connectivity index (χ3n) is 3.56. The Morgan fingerprint density at radius 2 is 2.06 bits per heavy atom. The smallest absolute Gasteiger partial charge is 0.0771 e. The van der Waals surface area contributed by atoms with Crippen LogP contribution < -0.4 is 5.32 Å². The topological polar surface area (TPSA) is 50.1 Å². The molecule has 1 aliphatic carbocycles. The molecule has 4 nitrogen and oxygen atoms in total. The highest BCUT2D eigenvalue weighted by molar-refractivity contribution is 4.98. The predicted molar refractivity (Wildman–Crippen MR) is 67.6 cm³/mol. The van der Waals surface area contributed by atoms with E-state index >= 15 is 0 Å². The second kappa shape index (κ2) is 5.65. The molecular formula is C13H23N3O. The van der Waals surface area contributed by atoms with Gasteiger partial charge in [0.25, 0.3) is 0 Å². The maximum absolute atomic E-state index is 10.4. The van der Waals surface area contributed by atoms with E-state index in [0.717, 1.165) is 37.9 Å². The standard InChI is InChI=1S/C13H23N3O/c1-16-9-6-12(15-16)10-14-11-13(17)7-4-2-3-5-8-13/h6,9,14,17H,2-5,7-8,10-11H2,1H3. The first-order chi connectivity index (χ1) is 8.18. The Hall–Kier alpha value is -0.870. The highest BCUT2D eigenvalue weighted by atomic mass is 16.3. The van der Waals surface area contributed by atoms with Crippen molar-refractivity contribution in [2.45, 2.75) is 50.7 Å². The van der Waals surface area contributed by atoms with Crippen molar-refractivity contribution >= 4 is 0 Å². The number of hydrogen-bond donors (Lipinski definition) is 2. The summed E-state index contributed by atoms with van der Waals surface area (Å²) in [6, 6.07) is 2.00. The van der Waals surface area contributed by atoms with Crippen LogP contribution in [0.2, 0.25) is 0 Å². The van der Waals surface area contributed by atoms with Crippen LogP contribution >= 0.6 is 0 Å².